The van der Waals surface area contributed by atoms with Crippen LogP contribution in [0.1, 0.15) is 193 Å². The Labute approximate surface area is 334 Å². The van der Waals surface area contributed by atoms with Crippen LogP contribution in [-0.4, -0.2) is 34.5 Å². The third-order valence-corrected chi connectivity index (χ3v) is 30.5. The molecule has 3 nitrogen and oxygen atoms in total. The Hall–Kier alpha value is 0.465. The molecule has 0 aliphatic carbocycles. The van der Waals surface area contributed by atoms with Crippen molar-refractivity contribution in [2.45, 2.75) is 239 Å². The van der Waals surface area contributed by atoms with E-state index < -0.39 is 24.9 Å². The molecule has 0 spiro atoms. The molecule has 0 aliphatic rings. The maximum atomic E-state index is 11.2. The number of hydrogen-bond donors (Lipinski definition) is 2. The molecule has 0 amide bonds. The molecule has 3 N–H and O–H groups in total. The number of hydrogen-bond acceptors (Lipinski definition) is 2. The van der Waals surface area contributed by atoms with Crippen LogP contribution in [-0.2, 0) is 21.7 Å². The summed E-state index contributed by atoms with van der Waals surface area (Å²) in [6, 6.07) is 10.8. The van der Waals surface area contributed by atoms with E-state index in [-0.39, 0.29) is 67.1 Å². The molecule has 1 rings (SSSR count). The van der Waals surface area contributed by atoms with Crippen LogP contribution in [0.4, 0.5) is 0 Å². The summed E-state index contributed by atoms with van der Waals surface area (Å²) < 4.78 is 0. The summed E-state index contributed by atoms with van der Waals surface area (Å²) in [6.45, 7) is 61.4. The monoisotopic (exact) mass is 786 g/mol. The quantitative estimate of drug-likeness (QED) is 0.203. The number of benzene rings is 1. The van der Waals surface area contributed by atoms with Gasteiger partial charge in [-0.25, -0.2) is 0 Å². The second kappa shape index (κ2) is 17.9. The maximum Gasteiger partial charge on any atom is 2.00 e. The topological polar surface area (TPSA) is 64.3 Å². The molecule has 7 heteroatoms. The average Bonchev–Trinajstić information content (AvgIpc) is 2.77. The van der Waals surface area contributed by atoms with Crippen molar-refractivity contribution < 1.29 is 31.3 Å². The summed E-state index contributed by atoms with van der Waals surface area (Å²) in [7, 11) is -6.81. The zero-order valence-electron chi connectivity index (χ0n) is 39.2. The van der Waals surface area contributed by atoms with E-state index in [0.29, 0.717) is 0 Å². The van der Waals surface area contributed by atoms with Gasteiger partial charge in [-0.05, 0) is 38.5 Å². The van der Waals surface area contributed by atoms with Crippen molar-refractivity contribution in [2.24, 2.45) is 0 Å². The van der Waals surface area contributed by atoms with E-state index >= 15 is 0 Å². The zero-order valence-corrected chi connectivity index (χ0v) is 43.8. The Morgan fingerprint density at radius 2 is 0.560 bits per heavy atom. The predicted octanol–water partition coefficient (Wildman–Crippen LogP) is 15.8. The molecule has 0 aliphatic heterocycles. The Morgan fingerprint density at radius 3 is 0.600 bits per heavy atom. The minimum atomic E-state index is -2.35. The Bertz CT molecular complexity index is 880. The molecule has 0 fully saturated rings. The van der Waals surface area contributed by atoms with Crippen LogP contribution < -0.4 is 0 Å². The van der Waals surface area contributed by atoms with Crippen molar-refractivity contribution in [1.29, 1.82) is 0 Å². The summed E-state index contributed by atoms with van der Waals surface area (Å²) >= 11 is 0. The second-order valence-corrected chi connectivity index (χ2v) is 41.8. The summed E-state index contributed by atoms with van der Waals surface area (Å²) in [4.78, 5) is 22.3. The van der Waals surface area contributed by atoms with Crippen LogP contribution in [0.2, 0.25) is 45.3 Å². The summed E-state index contributed by atoms with van der Waals surface area (Å²) in [5.74, 6) is 0. The van der Waals surface area contributed by atoms with E-state index in [1.807, 2.05) is 24.3 Å². The molecule has 0 radical (unpaired) electrons. The maximum absolute atomic E-state index is 11.2. The minimum absolute atomic E-state index is 0. The van der Waals surface area contributed by atoms with Gasteiger partial charge in [-0.3, -0.25) is 0 Å². The van der Waals surface area contributed by atoms with E-state index in [0.717, 1.165) is 0 Å². The molecule has 0 unspecified atom stereocenters. The van der Waals surface area contributed by atoms with E-state index in [2.05, 4.69) is 200 Å². The molecule has 0 atom stereocenters. The first-order valence-electron chi connectivity index (χ1n) is 18.8. The van der Waals surface area contributed by atoms with Crippen molar-refractivity contribution in [2.75, 3.05) is 0 Å². The molecule has 0 heterocycles. The molecular weight excluding hydrogens is 695 g/mol. The molecule has 0 aromatic heterocycles. The molecule has 0 bridgehead atoms. The Balaban J connectivity index is -0.000000287. The fourth-order valence-electron chi connectivity index (χ4n) is 10.6. The average molecular weight is 786 g/mol. The van der Waals surface area contributed by atoms with Gasteiger partial charge in [0.15, 0.2) is 0 Å². The van der Waals surface area contributed by atoms with Gasteiger partial charge in [0, 0.05) is 0 Å². The van der Waals surface area contributed by atoms with Crippen molar-refractivity contribution in [1.82, 2.24) is 0 Å². The van der Waals surface area contributed by atoms with Crippen molar-refractivity contribution in [3.05, 3.63) is 41.3 Å². The van der Waals surface area contributed by atoms with Gasteiger partial charge in [-0.15, -0.1) is 0 Å². The summed E-state index contributed by atoms with van der Waals surface area (Å²) in [5, 5.41) is 9.50. The minimum Gasteiger partial charge on any atom is -0.678 e. The van der Waals surface area contributed by atoms with Crippen LogP contribution in [0.3, 0.4) is 0 Å². The smallest absolute Gasteiger partial charge is 0.678 e. The summed E-state index contributed by atoms with van der Waals surface area (Å²) in [6.07, 6.45) is 0. The van der Waals surface area contributed by atoms with Crippen molar-refractivity contribution in [3.8, 4) is 0 Å². The predicted molar refractivity (Wildman–Crippen MR) is 233 cm³/mol. The fraction of sp³-hybridized carbons (Fsp3) is 0.860. The van der Waals surface area contributed by atoms with Gasteiger partial charge >= 0.3 is 21.7 Å². The first kappa shape index (κ1) is 57.2. The van der Waals surface area contributed by atoms with E-state index in [4.69, 9.17) is 5.40 Å². The first-order chi connectivity index (χ1) is 20.6. The Morgan fingerprint density at radius 1 is 0.400 bits per heavy atom. The van der Waals surface area contributed by atoms with Crippen LogP contribution >= 0.6 is 0 Å². The van der Waals surface area contributed by atoms with Gasteiger partial charge in [0.1, 0.15) is 0 Å². The molecule has 0 saturated carbocycles. The fourth-order valence-corrected chi connectivity index (χ4v) is 30.8. The van der Waals surface area contributed by atoms with Crippen LogP contribution in [0.5, 0.6) is 0 Å². The second-order valence-electron chi connectivity index (χ2n) is 24.0. The molecule has 296 valence electrons. The largest absolute Gasteiger partial charge is 2.00 e. The Kier molecular flexibility index (Phi) is 20.5. The number of nitrogens with one attached hydrogen (secondary N) is 1. The van der Waals surface area contributed by atoms with Gasteiger partial charge in [0.2, 0.25) is 16.6 Å². The zero-order chi connectivity index (χ0) is 41.1. The van der Waals surface area contributed by atoms with Gasteiger partial charge in [0.05, 0.1) is 0 Å². The van der Waals surface area contributed by atoms with Crippen LogP contribution in [0.15, 0.2) is 24.3 Å². The van der Waals surface area contributed by atoms with E-state index in [1.165, 1.54) is 5.56 Å². The van der Waals surface area contributed by atoms with Gasteiger partial charge in [-0.1, -0.05) is 209 Å². The molecular formula is C43H91NO2Si3Ti. The standard InChI is InChI=1S/C12H28NSi.2C12H28OSi.C7H7.Ti/c3*1-10(2,3)14(13,11(4,5)6)12(7,8)9;1-7-5-3-2-4-6-7;/h3*13H,1-9H3;3-6H,1H3;/q-1;;;-1;+2. The molecule has 0 saturated heterocycles. The van der Waals surface area contributed by atoms with Gasteiger partial charge in [-0.2, -0.15) is 35.9 Å². The third kappa shape index (κ3) is 13.6. The SMILES string of the molecule is CC(C)(C)[Si](O)(C(C)(C)C)C(C)(C)C.CC(C)(C)[Si](O)(C(C)(C)C)C(C)(C)C.CC(C)(C)[Si]([NH-])(C(C)(C)C)C(C)(C)C.Cc1cc[c-]cc1.[Ti+2]. The number of rotatable bonds is 0. The van der Waals surface area contributed by atoms with Crippen molar-refractivity contribution in [3.63, 3.8) is 0 Å². The van der Waals surface area contributed by atoms with Gasteiger partial charge in [0.25, 0.3) is 0 Å². The third-order valence-electron chi connectivity index (χ3n) is 10.8. The van der Waals surface area contributed by atoms with Crippen LogP contribution in [0.25, 0.3) is 5.40 Å². The van der Waals surface area contributed by atoms with E-state index in [9.17, 15) is 9.59 Å². The number of aryl methyl sites for hydroxylation is 1. The van der Waals surface area contributed by atoms with E-state index in [1.54, 1.807) is 0 Å². The molecule has 1 aromatic carbocycles. The normalized spacial score (nSPS) is 14.5. The first-order valence-corrected chi connectivity index (χ1v) is 24.7. The van der Waals surface area contributed by atoms with Crippen molar-refractivity contribution >= 4 is 24.9 Å². The van der Waals surface area contributed by atoms with Crippen LogP contribution in [0, 0.1) is 13.0 Å². The molecule has 1 aromatic rings. The van der Waals surface area contributed by atoms with Gasteiger partial charge < -0.3 is 15.0 Å². The molecule has 50 heavy (non-hydrogen) atoms. The summed E-state index contributed by atoms with van der Waals surface area (Å²) in [5.41, 5.74) is 1.29.